The minimum Gasteiger partial charge on any atom is -0.423 e. The van der Waals surface area contributed by atoms with Crippen molar-refractivity contribution in [3.63, 3.8) is 0 Å². The molecule has 144 valence electrons. The van der Waals surface area contributed by atoms with Crippen LogP contribution in [0.2, 0.25) is 0 Å². The molecule has 0 radical (unpaired) electrons. The van der Waals surface area contributed by atoms with Crippen molar-refractivity contribution in [2.24, 2.45) is 5.92 Å². The van der Waals surface area contributed by atoms with Crippen LogP contribution >= 0.6 is 0 Å². The molecule has 3 N–H and O–H groups in total. The van der Waals surface area contributed by atoms with Crippen LogP contribution < -0.4 is 16.1 Å². The highest BCUT2D eigenvalue weighted by Crippen LogP contribution is 2.24. The number of aryl methyl sites for hydroxylation is 1. The molecule has 1 saturated heterocycles. The van der Waals surface area contributed by atoms with Crippen molar-refractivity contribution in [3.05, 3.63) is 35.3 Å². The van der Waals surface area contributed by atoms with Crippen LogP contribution in [-0.4, -0.2) is 41.4 Å². The first-order valence-corrected chi connectivity index (χ1v) is 9.01. The van der Waals surface area contributed by atoms with E-state index in [-0.39, 0.29) is 30.0 Å². The number of fused-ring (bicyclic) bond motifs is 1. The number of nitrogens with zero attached hydrogens (tertiary/aromatic N) is 3. The third-order valence-electron chi connectivity index (χ3n) is 4.93. The van der Waals surface area contributed by atoms with Crippen molar-refractivity contribution in [2.75, 3.05) is 23.8 Å². The Morgan fingerprint density at radius 1 is 1.43 bits per heavy atom. The zero-order valence-corrected chi connectivity index (χ0v) is 15.3. The van der Waals surface area contributed by atoms with Crippen molar-refractivity contribution in [1.82, 2.24) is 9.97 Å². The molecule has 3 heterocycles. The molecule has 0 bridgehead atoms. The zero-order chi connectivity index (χ0) is 19.7. The molecule has 0 spiro atoms. The Labute approximate surface area is 161 Å². The summed E-state index contributed by atoms with van der Waals surface area (Å²) in [6.45, 7) is 3.02. The van der Waals surface area contributed by atoms with Gasteiger partial charge in [0.1, 0.15) is 11.6 Å². The quantitative estimate of drug-likeness (QED) is 0.676. The van der Waals surface area contributed by atoms with E-state index in [9.17, 15) is 14.7 Å². The van der Waals surface area contributed by atoms with Gasteiger partial charge < -0.3 is 25.0 Å². The Morgan fingerprint density at radius 3 is 3.11 bits per heavy atom. The molecular formula is C18H19BFN5O3. The fraction of sp³-hybridized carbons (Fsp3) is 0.389. The van der Waals surface area contributed by atoms with Gasteiger partial charge >= 0.3 is 7.12 Å². The van der Waals surface area contributed by atoms with E-state index >= 15 is 0 Å². The lowest BCUT2D eigenvalue weighted by Gasteiger charge is -2.28. The second-order valence-electron chi connectivity index (χ2n) is 6.89. The molecule has 28 heavy (non-hydrogen) atoms. The fourth-order valence-corrected chi connectivity index (χ4v) is 3.38. The molecule has 1 aromatic carbocycles. The van der Waals surface area contributed by atoms with Crippen molar-refractivity contribution in [3.8, 4) is 6.07 Å². The molecule has 8 nitrogen and oxygen atoms in total. The van der Waals surface area contributed by atoms with Gasteiger partial charge in [0.25, 0.3) is 0 Å². The second kappa shape index (κ2) is 7.71. The summed E-state index contributed by atoms with van der Waals surface area (Å²) in [5.74, 6) is 0.175. The van der Waals surface area contributed by atoms with E-state index in [4.69, 9.17) is 9.39 Å². The van der Waals surface area contributed by atoms with Gasteiger partial charge in [-0.05, 0) is 31.0 Å². The molecule has 2 aliphatic heterocycles. The summed E-state index contributed by atoms with van der Waals surface area (Å²) in [6, 6.07) is 5.12. The summed E-state index contributed by atoms with van der Waals surface area (Å²) >= 11 is 0. The van der Waals surface area contributed by atoms with Gasteiger partial charge in [0.05, 0.1) is 31.2 Å². The maximum absolute atomic E-state index is 14.3. The number of hydrogen-bond donors (Lipinski definition) is 3. The van der Waals surface area contributed by atoms with Gasteiger partial charge in [0.15, 0.2) is 0 Å². The van der Waals surface area contributed by atoms with Crippen LogP contribution in [0, 0.1) is 30.0 Å². The van der Waals surface area contributed by atoms with E-state index in [1.807, 2.05) is 6.92 Å². The first-order chi connectivity index (χ1) is 13.5. The Bertz CT molecular complexity index is 938. The smallest absolute Gasteiger partial charge is 0.423 e. The number of nitriles is 1. The molecular weight excluding hydrogens is 364 g/mol. The minimum atomic E-state index is -1.23. The van der Waals surface area contributed by atoms with Crippen LogP contribution in [0.1, 0.15) is 17.5 Å². The monoisotopic (exact) mass is 383 g/mol. The number of aromatic nitrogens is 2. The van der Waals surface area contributed by atoms with Gasteiger partial charge in [0, 0.05) is 29.5 Å². The topological polar surface area (TPSA) is 112 Å². The molecule has 0 aliphatic carbocycles. The predicted octanol–water partition coefficient (Wildman–Crippen LogP) is 1.23. The summed E-state index contributed by atoms with van der Waals surface area (Å²) in [5, 5.41) is 25.2. The molecule has 1 fully saturated rings. The van der Waals surface area contributed by atoms with Gasteiger partial charge in [-0.25, -0.2) is 9.37 Å². The van der Waals surface area contributed by atoms with Gasteiger partial charge in [-0.15, -0.1) is 0 Å². The predicted molar refractivity (Wildman–Crippen MR) is 101 cm³/mol. The number of hydrogen-bond acceptors (Lipinski definition) is 8. The maximum Gasteiger partial charge on any atom is 0.494 e. The number of anilines is 3. The average Bonchev–Trinajstić information content (AvgIpc) is 3.06. The van der Waals surface area contributed by atoms with Crippen LogP contribution in [0.3, 0.4) is 0 Å². The molecule has 1 unspecified atom stereocenters. The van der Waals surface area contributed by atoms with Gasteiger partial charge in [0.2, 0.25) is 5.95 Å². The Balaban J connectivity index is 1.55. The summed E-state index contributed by atoms with van der Waals surface area (Å²) < 4.78 is 24.8. The standard InChI is InChI=1S/C18H19BFN5O3/c1-10-7-22-18(25-17(10)24-15-9-27-3-2-11(15)6-21)23-13-4-12-8-28-19(26)16(12)14(20)5-13/h4-5,7,11,15,26H,2-3,8-9H2,1H3,(H2,22,23,24,25)/t11?,15-/m0/s1. The van der Waals surface area contributed by atoms with E-state index in [0.29, 0.717) is 36.7 Å². The molecule has 4 rings (SSSR count). The van der Waals surface area contributed by atoms with Crippen LogP contribution in [0.15, 0.2) is 18.3 Å². The normalized spacial score (nSPS) is 21.1. The van der Waals surface area contributed by atoms with Crippen LogP contribution in [-0.2, 0) is 16.0 Å². The number of ether oxygens (including phenoxy) is 1. The molecule has 0 saturated carbocycles. The summed E-state index contributed by atoms with van der Waals surface area (Å²) in [4.78, 5) is 8.71. The highest BCUT2D eigenvalue weighted by Gasteiger charge is 2.31. The molecule has 2 aliphatic rings. The second-order valence-corrected chi connectivity index (χ2v) is 6.89. The minimum absolute atomic E-state index is 0.141. The van der Waals surface area contributed by atoms with Crippen LogP contribution in [0.5, 0.6) is 0 Å². The number of nitrogens with one attached hydrogen (secondary N) is 2. The van der Waals surface area contributed by atoms with E-state index in [0.717, 1.165) is 5.56 Å². The first kappa shape index (κ1) is 18.6. The van der Waals surface area contributed by atoms with E-state index in [1.54, 1.807) is 12.3 Å². The number of benzene rings is 1. The third-order valence-corrected chi connectivity index (χ3v) is 4.93. The van der Waals surface area contributed by atoms with Crippen LogP contribution in [0.4, 0.5) is 21.8 Å². The van der Waals surface area contributed by atoms with Gasteiger partial charge in [-0.3, -0.25) is 0 Å². The van der Waals surface area contributed by atoms with Gasteiger partial charge in [-0.1, -0.05) is 0 Å². The number of rotatable bonds is 4. The SMILES string of the molecule is Cc1cnc(Nc2cc(F)c3c(c2)COB3O)nc1N[C@H]1COCCC1C#N. The lowest BCUT2D eigenvalue weighted by Crippen LogP contribution is -2.38. The highest BCUT2D eigenvalue weighted by atomic mass is 19.1. The molecule has 2 atom stereocenters. The largest absolute Gasteiger partial charge is 0.494 e. The zero-order valence-electron chi connectivity index (χ0n) is 15.3. The molecule has 0 amide bonds. The summed E-state index contributed by atoms with van der Waals surface area (Å²) in [5.41, 5.74) is 2.03. The Hall–Kier alpha value is -2.74. The van der Waals surface area contributed by atoms with Crippen LogP contribution in [0.25, 0.3) is 0 Å². The lowest BCUT2D eigenvalue weighted by molar-refractivity contribution is 0.0698. The van der Waals surface area contributed by atoms with Crippen molar-refractivity contribution < 1.29 is 18.8 Å². The summed E-state index contributed by atoms with van der Waals surface area (Å²) in [6.07, 6.45) is 2.32. The Morgan fingerprint density at radius 2 is 2.29 bits per heavy atom. The molecule has 1 aromatic heterocycles. The van der Waals surface area contributed by atoms with Crippen molar-refractivity contribution >= 4 is 30.0 Å². The third kappa shape index (κ3) is 3.64. The van der Waals surface area contributed by atoms with Gasteiger partial charge in [-0.2, -0.15) is 10.2 Å². The van der Waals surface area contributed by atoms with E-state index in [2.05, 4.69) is 26.7 Å². The maximum atomic E-state index is 14.3. The first-order valence-electron chi connectivity index (χ1n) is 9.01. The van der Waals surface area contributed by atoms with Crippen molar-refractivity contribution in [1.29, 1.82) is 5.26 Å². The van der Waals surface area contributed by atoms with E-state index in [1.165, 1.54) is 6.07 Å². The van der Waals surface area contributed by atoms with E-state index < -0.39 is 12.9 Å². The average molecular weight is 383 g/mol. The lowest BCUT2D eigenvalue weighted by atomic mass is 9.79. The molecule has 2 aromatic rings. The Kier molecular flexibility index (Phi) is 5.13. The molecule has 10 heteroatoms. The number of halogens is 1. The highest BCUT2D eigenvalue weighted by molar-refractivity contribution is 6.61. The van der Waals surface area contributed by atoms with Crippen molar-refractivity contribution in [2.45, 2.75) is 26.0 Å². The summed E-state index contributed by atoms with van der Waals surface area (Å²) in [7, 11) is -1.23. The fourth-order valence-electron chi connectivity index (χ4n) is 3.38.